The number of nitrogens with one attached hydrogen (secondary N) is 3. The lowest BCUT2D eigenvalue weighted by molar-refractivity contribution is 0.426. The Morgan fingerprint density at radius 3 is 2.66 bits per heavy atom. The van der Waals surface area contributed by atoms with E-state index in [0.29, 0.717) is 34.7 Å². The standard InChI is InChI=1S/C19H20N6O3S/c1-21-29(27,28)14-6-4-13(5-7-14)23-18-17-16(9-11-22-19(17)26)25(24-18)15(8-10-20)12-2-3-12/h4-7,9,11-12,15,21H,2-3,8H2,1H3,(H,22,26)(H,23,24)/t15-/m0/s1. The van der Waals surface area contributed by atoms with Crippen LogP contribution in [-0.2, 0) is 10.0 Å². The summed E-state index contributed by atoms with van der Waals surface area (Å²) in [5.41, 5.74) is 0.980. The summed E-state index contributed by atoms with van der Waals surface area (Å²) in [5, 5.41) is 17.4. The van der Waals surface area contributed by atoms with Gasteiger partial charge in [0.2, 0.25) is 10.0 Å². The lowest BCUT2D eigenvalue weighted by atomic mass is 10.1. The molecule has 0 unspecified atom stereocenters. The molecule has 0 saturated heterocycles. The van der Waals surface area contributed by atoms with Crippen LogP contribution < -0.4 is 15.6 Å². The molecular formula is C19H20N6O3S. The number of rotatable bonds is 7. The maximum absolute atomic E-state index is 12.5. The molecule has 1 saturated carbocycles. The molecule has 29 heavy (non-hydrogen) atoms. The molecule has 1 fully saturated rings. The fourth-order valence-corrected chi connectivity index (χ4v) is 4.17. The van der Waals surface area contributed by atoms with Gasteiger partial charge in [-0.1, -0.05) is 0 Å². The zero-order valence-electron chi connectivity index (χ0n) is 15.7. The number of hydrogen-bond donors (Lipinski definition) is 3. The van der Waals surface area contributed by atoms with E-state index in [1.807, 2.05) is 0 Å². The second-order valence-corrected chi connectivity index (χ2v) is 8.87. The van der Waals surface area contributed by atoms with E-state index in [0.717, 1.165) is 12.8 Å². The fourth-order valence-electron chi connectivity index (χ4n) is 3.44. The van der Waals surface area contributed by atoms with Crippen molar-refractivity contribution in [2.24, 2.45) is 5.92 Å². The first-order valence-electron chi connectivity index (χ1n) is 9.22. The van der Waals surface area contributed by atoms with Crippen molar-refractivity contribution in [1.29, 1.82) is 5.26 Å². The zero-order chi connectivity index (χ0) is 20.6. The van der Waals surface area contributed by atoms with Crippen molar-refractivity contribution in [2.45, 2.75) is 30.2 Å². The Morgan fingerprint density at radius 2 is 2.03 bits per heavy atom. The number of sulfonamides is 1. The van der Waals surface area contributed by atoms with Crippen molar-refractivity contribution < 1.29 is 8.42 Å². The first-order valence-corrected chi connectivity index (χ1v) is 10.7. The van der Waals surface area contributed by atoms with E-state index in [2.05, 4.69) is 26.2 Å². The molecule has 150 valence electrons. The normalized spacial score (nSPS) is 15.2. The number of nitrogens with zero attached hydrogens (tertiary/aromatic N) is 3. The maximum Gasteiger partial charge on any atom is 0.261 e. The Morgan fingerprint density at radius 1 is 1.31 bits per heavy atom. The zero-order valence-corrected chi connectivity index (χ0v) is 16.5. The van der Waals surface area contributed by atoms with E-state index < -0.39 is 10.0 Å². The molecule has 1 aliphatic rings. The van der Waals surface area contributed by atoms with Gasteiger partial charge in [-0.3, -0.25) is 9.48 Å². The van der Waals surface area contributed by atoms with Gasteiger partial charge in [-0.05, 0) is 56.1 Å². The average molecular weight is 412 g/mol. The summed E-state index contributed by atoms with van der Waals surface area (Å²) in [6.07, 6.45) is 3.98. The van der Waals surface area contributed by atoms with E-state index in [9.17, 15) is 18.5 Å². The smallest absolute Gasteiger partial charge is 0.261 e. The van der Waals surface area contributed by atoms with Crippen molar-refractivity contribution in [3.63, 3.8) is 0 Å². The van der Waals surface area contributed by atoms with Gasteiger partial charge in [0.25, 0.3) is 5.56 Å². The highest BCUT2D eigenvalue weighted by atomic mass is 32.2. The molecule has 10 heteroatoms. The summed E-state index contributed by atoms with van der Waals surface area (Å²) < 4.78 is 27.8. The quantitative estimate of drug-likeness (QED) is 0.545. The number of anilines is 2. The van der Waals surface area contributed by atoms with Crippen molar-refractivity contribution in [1.82, 2.24) is 19.5 Å². The molecule has 3 N–H and O–H groups in total. The Hall–Kier alpha value is -3.16. The van der Waals surface area contributed by atoms with Gasteiger partial charge in [-0.15, -0.1) is 0 Å². The van der Waals surface area contributed by atoms with Crippen molar-refractivity contribution in [3.05, 3.63) is 46.9 Å². The second kappa shape index (κ2) is 7.35. The monoisotopic (exact) mass is 412 g/mol. The molecule has 2 heterocycles. The minimum absolute atomic E-state index is 0.0806. The van der Waals surface area contributed by atoms with Crippen molar-refractivity contribution in [2.75, 3.05) is 12.4 Å². The summed E-state index contributed by atoms with van der Waals surface area (Å²) in [7, 11) is -2.18. The number of benzene rings is 1. The first-order chi connectivity index (χ1) is 13.9. The van der Waals surface area contributed by atoms with Gasteiger partial charge in [0, 0.05) is 11.9 Å². The van der Waals surface area contributed by atoms with Crippen LogP contribution in [0.25, 0.3) is 10.9 Å². The van der Waals surface area contributed by atoms with Gasteiger partial charge in [0.1, 0.15) is 5.39 Å². The van der Waals surface area contributed by atoms with Gasteiger partial charge < -0.3 is 10.3 Å². The Bertz CT molecular complexity index is 1250. The summed E-state index contributed by atoms with van der Waals surface area (Å²) in [6, 6.07) is 10.1. The molecule has 9 nitrogen and oxygen atoms in total. The SMILES string of the molecule is CNS(=O)(=O)c1ccc(Nc2nn([C@@H](CC#N)C3CC3)c3cc[nH]c(=O)c23)cc1. The fraction of sp³-hybridized carbons (Fsp3) is 0.316. The minimum atomic E-state index is -3.53. The van der Waals surface area contributed by atoms with Gasteiger partial charge in [0.15, 0.2) is 5.82 Å². The molecule has 1 aromatic carbocycles. The molecule has 0 spiro atoms. The maximum atomic E-state index is 12.5. The summed E-state index contributed by atoms with van der Waals surface area (Å²) in [5.74, 6) is 0.755. The number of hydrogen-bond acceptors (Lipinski definition) is 6. The van der Waals surface area contributed by atoms with Gasteiger partial charge in [-0.2, -0.15) is 10.4 Å². The largest absolute Gasteiger partial charge is 0.338 e. The van der Waals surface area contributed by atoms with E-state index in [-0.39, 0.29) is 16.5 Å². The number of aromatic nitrogens is 3. The number of aromatic amines is 1. The number of fused-ring (bicyclic) bond motifs is 1. The topological polar surface area (TPSA) is 133 Å². The van der Waals surface area contributed by atoms with Crippen LogP contribution in [0.4, 0.5) is 11.5 Å². The first kappa shape index (κ1) is 19.2. The van der Waals surface area contributed by atoms with Gasteiger partial charge >= 0.3 is 0 Å². The third-order valence-electron chi connectivity index (χ3n) is 5.11. The average Bonchev–Trinajstić information content (AvgIpc) is 3.49. The number of pyridine rings is 1. The van der Waals surface area contributed by atoms with Crippen LogP contribution in [0.15, 0.2) is 46.2 Å². The lowest BCUT2D eigenvalue weighted by Crippen LogP contribution is -2.18. The Kier molecular flexibility index (Phi) is 4.86. The van der Waals surface area contributed by atoms with E-state index in [4.69, 9.17) is 0 Å². The van der Waals surface area contributed by atoms with Crippen LogP contribution in [0, 0.1) is 17.2 Å². The van der Waals surface area contributed by atoms with Crippen LogP contribution in [0.5, 0.6) is 0 Å². The molecule has 0 bridgehead atoms. The van der Waals surface area contributed by atoms with Crippen LogP contribution >= 0.6 is 0 Å². The van der Waals surface area contributed by atoms with Crippen LogP contribution in [0.1, 0.15) is 25.3 Å². The van der Waals surface area contributed by atoms with Crippen molar-refractivity contribution in [3.8, 4) is 6.07 Å². The minimum Gasteiger partial charge on any atom is -0.338 e. The number of nitriles is 1. The molecule has 1 aliphatic carbocycles. The van der Waals surface area contributed by atoms with Crippen LogP contribution in [0.2, 0.25) is 0 Å². The van der Waals surface area contributed by atoms with Gasteiger partial charge in [-0.25, -0.2) is 13.1 Å². The number of H-pyrrole nitrogens is 1. The second-order valence-electron chi connectivity index (χ2n) is 6.98. The molecule has 0 amide bonds. The Labute approximate surface area is 167 Å². The molecule has 1 atom stereocenters. The third-order valence-corrected chi connectivity index (χ3v) is 6.54. The van der Waals surface area contributed by atoms with Crippen molar-refractivity contribution >= 4 is 32.4 Å². The van der Waals surface area contributed by atoms with Crippen LogP contribution in [-0.4, -0.2) is 30.2 Å². The Balaban J connectivity index is 1.75. The van der Waals surface area contributed by atoms with Crippen LogP contribution in [0.3, 0.4) is 0 Å². The summed E-state index contributed by atoms with van der Waals surface area (Å²) in [6.45, 7) is 0. The summed E-state index contributed by atoms with van der Waals surface area (Å²) in [4.78, 5) is 15.3. The predicted molar refractivity (Wildman–Crippen MR) is 108 cm³/mol. The molecule has 0 aliphatic heterocycles. The molecule has 2 aromatic heterocycles. The molecule has 3 aromatic rings. The summed E-state index contributed by atoms with van der Waals surface area (Å²) >= 11 is 0. The molecular weight excluding hydrogens is 392 g/mol. The molecule has 4 rings (SSSR count). The van der Waals surface area contributed by atoms with Gasteiger partial charge in [0.05, 0.1) is 28.9 Å². The lowest BCUT2D eigenvalue weighted by Gasteiger charge is -2.14. The highest BCUT2D eigenvalue weighted by molar-refractivity contribution is 7.89. The van der Waals surface area contributed by atoms with E-state index in [1.54, 1.807) is 29.1 Å². The third kappa shape index (κ3) is 3.62. The molecule has 0 radical (unpaired) electrons. The highest BCUT2D eigenvalue weighted by Gasteiger charge is 2.34. The highest BCUT2D eigenvalue weighted by Crippen LogP contribution is 2.42. The van der Waals surface area contributed by atoms with E-state index >= 15 is 0 Å². The predicted octanol–water partition coefficient (Wildman–Crippen LogP) is 2.24. The van der Waals surface area contributed by atoms with E-state index in [1.165, 1.54) is 19.2 Å².